The Balaban J connectivity index is 2.16. The summed E-state index contributed by atoms with van der Waals surface area (Å²) in [4.78, 5) is 28.4. The Labute approximate surface area is 122 Å². The van der Waals surface area contributed by atoms with Crippen molar-refractivity contribution in [3.63, 3.8) is 0 Å². The van der Waals surface area contributed by atoms with Gasteiger partial charge in [0.05, 0.1) is 6.54 Å². The molecule has 110 valence electrons. The van der Waals surface area contributed by atoms with Gasteiger partial charge >= 0.3 is 5.97 Å². The molecule has 0 radical (unpaired) electrons. The van der Waals surface area contributed by atoms with E-state index in [1.165, 1.54) is 0 Å². The SMILES string of the molecule is CCN(CC)C(=O)CN1CCc2sccc2C1C(=O)O. The summed E-state index contributed by atoms with van der Waals surface area (Å²) < 4.78 is 0. The van der Waals surface area contributed by atoms with Gasteiger partial charge in [0.25, 0.3) is 0 Å². The van der Waals surface area contributed by atoms with E-state index in [0.717, 1.165) is 16.9 Å². The molecule has 0 fully saturated rings. The van der Waals surface area contributed by atoms with Crippen LogP contribution >= 0.6 is 11.3 Å². The van der Waals surface area contributed by atoms with Crippen molar-refractivity contribution in [2.75, 3.05) is 26.2 Å². The van der Waals surface area contributed by atoms with Gasteiger partial charge in [0.15, 0.2) is 0 Å². The summed E-state index contributed by atoms with van der Waals surface area (Å²) in [5.41, 5.74) is 0.848. The first kappa shape index (κ1) is 15.0. The molecule has 0 saturated carbocycles. The van der Waals surface area contributed by atoms with Gasteiger partial charge in [-0.3, -0.25) is 14.5 Å². The maximum absolute atomic E-state index is 12.2. The molecule has 1 N–H and O–H groups in total. The second-order valence-electron chi connectivity index (χ2n) is 4.83. The van der Waals surface area contributed by atoms with Crippen LogP contribution in [0, 0.1) is 0 Å². The third-order valence-corrected chi connectivity index (χ3v) is 4.75. The molecule has 1 unspecified atom stereocenters. The summed E-state index contributed by atoms with van der Waals surface area (Å²) in [5.74, 6) is -0.878. The number of hydrogen-bond acceptors (Lipinski definition) is 4. The van der Waals surface area contributed by atoms with Crippen molar-refractivity contribution in [3.05, 3.63) is 21.9 Å². The average molecular weight is 296 g/mol. The lowest BCUT2D eigenvalue weighted by molar-refractivity contribution is -0.145. The Bertz CT molecular complexity index is 496. The average Bonchev–Trinajstić information content (AvgIpc) is 2.87. The molecule has 1 aromatic rings. The molecule has 1 atom stereocenters. The topological polar surface area (TPSA) is 60.9 Å². The Kier molecular flexibility index (Phi) is 4.77. The number of carboxylic acid groups (broad SMARTS) is 1. The van der Waals surface area contributed by atoms with Crippen LogP contribution in [0.1, 0.15) is 30.3 Å². The van der Waals surface area contributed by atoms with Gasteiger partial charge in [0.1, 0.15) is 6.04 Å². The molecular weight excluding hydrogens is 276 g/mol. The van der Waals surface area contributed by atoms with Crippen LogP contribution in [0.25, 0.3) is 0 Å². The fourth-order valence-electron chi connectivity index (χ4n) is 2.68. The van der Waals surface area contributed by atoms with Gasteiger partial charge in [-0.2, -0.15) is 0 Å². The van der Waals surface area contributed by atoms with E-state index in [1.807, 2.05) is 25.3 Å². The molecule has 1 amide bonds. The Morgan fingerprint density at radius 2 is 2.15 bits per heavy atom. The van der Waals surface area contributed by atoms with Gasteiger partial charge in [-0.1, -0.05) is 0 Å². The molecule has 1 aromatic heterocycles. The maximum Gasteiger partial charge on any atom is 0.325 e. The summed E-state index contributed by atoms with van der Waals surface area (Å²) >= 11 is 1.60. The molecule has 2 heterocycles. The molecule has 2 rings (SSSR count). The van der Waals surface area contributed by atoms with Crippen LogP contribution in [0.2, 0.25) is 0 Å². The lowest BCUT2D eigenvalue weighted by atomic mass is 10.00. The number of amides is 1. The number of rotatable bonds is 5. The molecule has 6 heteroatoms. The molecule has 1 aliphatic rings. The molecule has 0 bridgehead atoms. The van der Waals surface area contributed by atoms with Crippen molar-refractivity contribution in [1.82, 2.24) is 9.80 Å². The van der Waals surface area contributed by atoms with Gasteiger partial charge in [0, 0.05) is 24.5 Å². The van der Waals surface area contributed by atoms with E-state index in [1.54, 1.807) is 21.1 Å². The second kappa shape index (κ2) is 6.37. The van der Waals surface area contributed by atoms with Crippen LogP contribution in [0.3, 0.4) is 0 Å². The number of hydrogen-bond donors (Lipinski definition) is 1. The van der Waals surface area contributed by atoms with Gasteiger partial charge in [0.2, 0.25) is 5.91 Å². The molecule has 0 saturated heterocycles. The zero-order valence-corrected chi connectivity index (χ0v) is 12.7. The lowest BCUT2D eigenvalue weighted by Crippen LogP contribution is -2.46. The number of thiophene rings is 1. The number of fused-ring (bicyclic) bond motifs is 1. The molecule has 1 aliphatic heterocycles. The van der Waals surface area contributed by atoms with E-state index in [4.69, 9.17) is 0 Å². The predicted octanol–water partition coefficient (Wildman–Crippen LogP) is 1.60. The van der Waals surface area contributed by atoms with Crippen molar-refractivity contribution in [2.24, 2.45) is 0 Å². The molecule has 0 spiro atoms. The Morgan fingerprint density at radius 3 is 2.75 bits per heavy atom. The van der Waals surface area contributed by atoms with Crippen LogP contribution in [-0.2, 0) is 16.0 Å². The van der Waals surface area contributed by atoms with Gasteiger partial charge in [-0.15, -0.1) is 11.3 Å². The van der Waals surface area contributed by atoms with E-state index in [-0.39, 0.29) is 12.5 Å². The predicted molar refractivity (Wildman–Crippen MR) is 77.9 cm³/mol. The number of carboxylic acids is 1. The molecular formula is C14H20N2O3S. The minimum absolute atomic E-state index is 0.0000652. The first-order valence-corrected chi connectivity index (χ1v) is 7.77. The zero-order chi connectivity index (χ0) is 14.7. The molecule has 5 nitrogen and oxygen atoms in total. The summed E-state index contributed by atoms with van der Waals surface area (Å²) in [6.45, 7) is 5.98. The summed E-state index contributed by atoms with van der Waals surface area (Å²) in [7, 11) is 0. The van der Waals surface area contributed by atoms with Crippen LogP contribution in [0.15, 0.2) is 11.4 Å². The minimum atomic E-state index is -0.878. The molecule has 20 heavy (non-hydrogen) atoms. The van der Waals surface area contributed by atoms with E-state index >= 15 is 0 Å². The van der Waals surface area contributed by atoms with Crippen molar-refractivity contribution < 1.29 is 14.7 Å². The highest BCUT2D eigenvalue weighted by Crippen LogP contribution is 2.33. The highest BCUT2D eigenvalue weighted by molar-refractivity contribution is 7.10. The van der Waals surface area contributed by atoms with E-state index in [9.17, 15) is 14.7 Å². The molecule has 0 aliphatic carbocycles. The first-order valence-electron chi connectivity index (χ1n) is 6.89. The van der Waals surface area contributed by atoms with E-state index in [0.29, 0.717) is 19.6 Å². The monoisotopic (exact) mass is 296 g/mol. The van der Waals surface area contributed by atoms with Crippen molar-refractivity contribution in [2.45, 2.75) is 26.3 Å². The largest absolute Gasteiger partial charge is 0.480 e. The quantitative estimate of drug-likeness (QED) is 0.896. The fourth-order valence-corrected chi connectivity index (χ4v) is 3.58. The minimum Gasteiger partial charge on any atom is -0.480 e. The third kappa shape index (κ3) is 2.86. The smallest absolute Gasteiger partial charge is 0.325 e. The third-order valence-electron chi connectivity index (χ3n) is 3.75. The highest BCUT2D eigenvalue weighted by Gasteiger charge is 2.35. The van der Waals surface area contributed by atoms with Crippen LogP contribution < -0.4 is 0 Å². The van der Waals surface area contributed by atoms with Crippen LogP contribution in [0.5, 0.6) is 0 Å². The number of nitrogens with zero attached hydrogens (tertiary/aromatic N) is 2. The highest BCUT2D eigenvalue weighted by atomic mass is 32.1. The number of likely N-dealkylation sites (N-methyl/N-ethyl adjacent to an activating group) is 1. The summed E-state index contributed by atoms with van der Waals surface area (Å²) in [6.07, 6.45) is 0.822. The Hall–Kier alpha value is -1.40. The maximum atomic E-state index is 12.2. The van der Waals surface area contributed by atoms with Gasteiger partial charge in [-0.25, -0.2) is 0 Å². The Morgan fingerprint density at radius 1 is 1.45 bits per heavy atom. The van der Waals surface area contributed by atoms with Crippen LogP contribution in [0.4, 0.5) is 0 Å². The molecule has 0 aromatic carbocycles. The first-order chi connectivity index (χ1) is 9.58. The van der Waals surface area contributed by atoms with Crippen molar-refractivity contribution >= 4 is 23.2 Å². The van der Waals surface area contributed by atoms with Crippen molar-refractivity contribution in [1.29, 1.82) is 0 Å². The number of carbonyl (C=O) groups excluding carboxylic acids is 1. The van der Waals surface area contributed by atoms with E-state index < -0.39 is 12.0 Å². The zero-order valence-electron chi connectivity index (χ0n) is 11.8. The van der Waals surface area contributed by atoms with Crippen LogP contribution in [-0.4, -0.2) is 53.0 Å². The lowest BCUT2D eigenvalue weighted by Gasteiger charge is -2.33. The number of carbonyl (C=O) groups is 2. The van der Waals surface area contributed by atoms with Gasteiger partial charge in [-0.05, 0) is 37.3 Å². The normalized spacial score (nSPS) is 18.6. The van der Waals surface area contributed by atoms with E-state index in [2.05, 4.69) is 0 Å². The van der Waals surface area contributed by atoms with Gasteiger partial charge < -0.3 is 10.0 Å². The standard InChI is InChI=1S/C14H20N2O3S/c1-3-15(4-2)12(17)9-16-7-5-11-10(6-8-20-11)13(16)14(18)19/h6,8,13H,3-5,7,9H2,1-2H3,(H,18,19). The number of aliphatic carboxylic acids is 1. The second-order valence-corrected chi connectivity index (χ2v) is 5.83. The summed E-state index contributed by atoms with van der Waals surface area (Å²) in [6, 6.07) is 1.18. The summed E-state index contributed by atoms with van der Waals surface area (Å²) in [5, 5.41) is 11.4. The van der Waals surface area contributed by atoms with Crippen molar-refractivity contribution in [3.8, 4) is 0 Å². The fraction of sp³-hybridized carbons (Fsp3) is 0.571.